The minimum atomic E-state index is -4.71. The van der Waals surface area contributed by atoms with E-state index in [0.29, 0.717) is 6.54 Å². The third kappa shape index (κ3) is 5.21. The molecule has 0 aliphatic rings. The lowest BCUT2D eigenvalue weighted by Crippen LogP contribution is -2.23. The van der Waals surface area contributed by atoms with Gasteiger partial charge in [0.25, 0.3) is 0 Å². The maximum atomic E-state index is 11.9. The van der Waals surface area contributed by atoms with E-state index in [0.717, 1.165) is 10.2 Å². The molecular weight excluding hydrogens is 299 g/mol. The molecule has 0 saturated carbocycles. The van der Waals surface area contributed by atoms with E-state index in [2.05, 4.69) is 21.2 Å². The van der Waals surface area contributed by atoms with Gasteiger partial charge in [-0.2, -0.15) is 13.2 Å². The molecule has 1 rings (SSSR count). The minimum Gasteiger partial charge on any atom is -0.385 e. The summed E-state index contributed by atoms with van der Waals surface area (Å²) in [4.78, 5) is 10.6. The molecule has 1 aromatic rings. The van der Waals surface area contributed by atoms with Crippen molar-refractivity contribution in [1.29, 1.82) is 0 Å². The molecule has 0 aliphatic carbocycles. The normalized spacial score (nSPS) is 11.3. The molecular formula is C11H11BrF3NO. The van der Waals surface area contributed by atoms with Crippen LogP contribution < -0.4 is 5.32 Å². The summed E-state index contributed by atoms with van der Waals surface area (Å²) in [6, 6.07) is 7.27. The lowest BCUT2D eigenvalue weighted by atomic mass is 10.2. The minimum absolute atomic E-state index is 0.158. The van der Waals surface area contributed by atoms with Crippen molar-refractivity contribution in [3.63, 3.8) is 0 Å². The Hall–Kier alpha value is -1.04. The maximum Gasteiger partial charge on any atom is 0.449 e. The van der Waals surface area contributed by atoms with Crippen LogP contribution in [0.2, 0.25) is 0 Å². The van der Waals surface area contributed by atoms with Gasteiger partial charge in [0.1, 0.15) is 0 Å². The summed E-state index contributed by atoms with van der Waals surface area (Å²) in [6.45, 7) is 0.332. The molecule has 0 saturated heterocycles. The fourth-order valence-electron chi connectivity index (χ4n) is 1.22. The molecule has 94 valence electrons. The van der Waals surface area contributed by atoms with Gasteiger partial charge in [-0.1, -0.05) is 22.0 Å². The Kier molecular flexibility index (Phi) is 4.99. The molecule has 17 heavy (non-hydrogen) atoms. The smallest absolute Gasteiger partial charge is 0.385 e. The van der Waals surface area contributed by atoms with Crippen LogP contribution in [0, 0.1) is 0 Å². The van der Waals surface area contributed by atoms with Crippen LogP contribution in [0.15, 0.2) is 28.7 Å². The fraction of sp³-hybridized carbons (Fsp3) is 0.364. The van der Waals surface area contributed by atoms with Gasteiger partial charge in [0, 0.05) is 23.1 Å². The zero-order valence-electron chi connectivity index (χ0n) is 8.85. The second-order valence-electron chi connectivity index (χ2n) is 3.46. The monoisotopic (exact) mass is 309 g/mol. The summed E-state index contributed by atoms with van der Waals surface area (Å²) in [5.74, 6) is -1.67. The third-order valence-corrected chi connectivity index (χ3v) is 2.54. The van der Waals surface area contributed by atoms with E-state index in [1.165, 1.54) is 0 Å². The van der Waals surface area contributed by atoms with E-state index in [4.69, 9.17) is 0 Å². The van der Waals surface area contributed by atoms with Crippen molar-refractivity contribution < 1.29 is 18.0 Å². The number of Topliss-reactive ketones (excluding diaryl/α,β-unsaturated/α-hetero) is 1. The number of anilines is 1. The van der Waals surface area contributed by atoms with Crippen molar-refractivity contribution in [2.24, 2.45) is 0 Å². The Bertz CT molecular complexity index is 393. The van der Waals surface area contributed by atoms with Crippen molar-refractivity contribution in [2.45, 2.75) is 19.0 Å². The number of nitrogens with one attached hydrogen (secondary N) is 1. The number of ketones is 1. The highest BCUT2D eigenvalue weighted by atomic mass is 79.9. The number of benzene rings is 1. The predicted molar refractivity (Wildman–Crippen MR) is 62.9 cm³/mol. The summed E-state index contributed by atoms with van der Waals surface area (Å²) in [7, 11) is 0. The average molecular weight is 310 g/mol. The predicted octanol–water partition coefficient (Wildman–Crippen LogP) is 3.77. The molecule has 0 spiro atoms. The first-order valence-electron chi connectivity index (χ1n) is 4.99. The van der Waals surface area contributed by atoms with Gasteiger partial charge in [0.15, 0.2) is 0 Å². The van der Waals surface area contributed by atoms with Crippen LogP contribution >= 0.6 is 15.9 Å². The van der Waals surface area contributed by atoms with Crippen molar-refractivity contribution >= 4 is 27.4 Å². The first kappa shape index (κ1) is 14.0. The third-order valence-electron chi connectivity index (χ3n) is 2.05. The van der Waals surface area contributed by atoms with Crippen LogP contribution in [0.3, 0.4) is 0 Å². The molecule has 1 N–H and O–H groups in total. The topological polar surface area (TPSA) is 29.1 Å². The Morgan fingerprint density at radius 2 is 2.06 bits per heavy atom. The summed E-state index contributed by atoms with van der Waals surface area (Å²) >= 11 is 3.28. The molecule has 0 aliphatic heterocycles. The number of rotatable bonds is 5. The zero-order chi connectivity index (χ0) is 12.9. The quantitative estimate of drug-likeness (QED) is 0.839. The van der Waals surface area contributed by atoms with Gasteiger partial charge in [-0.3, -0.25) is 4.79 Å². The SMILES string of the molecule is O=C(CCCNc1cccc(Br)c1)C(F)(F)F. The second-order valence-corrected chi connectivity index (χ2v) is 4.38. The molecule has 0 heterocycles. The number of halogens is 4. The molecule has 0 aromatic heterocycles. The van der Waals surface area contributed by atoms with Gasteiger partial charge in [-0.05, 0) is 24.6 Å². The van der Waals surface area contributed by atoms with E-state index in [9.17, 15) is 18.0 Å². The number of alkyl halides is 3. The molecule has 0 bridgehead atoms. The van der Waals surface area contributed by atoms with Crippen LogP contribution in [0.1, 0.15) is 12.8 Å². The van der Waals surface area contributed by atoms with Crippen molar-refractivity contribution in [3.8, 4) is 0 Å². The van der Waals surface area contributed by atoms with Gasteiger partial charge in [0.05, 0.1) is 0 Å². The molecule has 2 nitrogen and oxygen atoms in total. The van der Waals surface area contributed by atoms with Crippen LogP contribution in [-0.4, -0.2) is 18.5 Å². The van der Waals surface area contributed by atoms with Crippen LogP contribution in [0.4, 0.5) is 18.9 Å². The van der Waals surface area contributed by atoms with E-state index < -0.39 is 18.4 Å². The summed E-state index contributed by atoms with van der Waals surface area (Å²) in [6.07, 6.45) is -5.04. The molecule has 0 fully saturated rings. The first-order valence-corrected chi connectivity index (χ1v) is 5.78. The van der Waals surface area contributed by atoms with E-state index in [1.807, 2.05) is 18.2 Å². The Morgan fingerprint density at radius 1 is 1.35 bits per heavy atom. The highest BCUT2D eigenvalue weighted by Gasteiger charge is 2.37. The van der Waals surface area contributed by atoms with Gasteiger partial charge in [-0.25, -0.2) is 0 Å². The van der Waals surface area contributed by atoms with Crippen molar-refractivity contribution in [1.82, 2.24) is 0 Å². The van der Waals surface area contributed by atoms with Crippen molar-refractivity contribution in [3.05, 3.63) is 28.7 Å². The Morgan fingerprint density at radius 3 is 2.65 bits per heavy atom. The molecule has 0 radical (unpaired) electrons. The highest BCUT2D eigenvalue weighted by molar-refractivity contribution is 9.10. The summed E-state index contributed by atoms with van der Waals surface area (Å²) in [5.41, 5.74) is 0.804. The Balaban J connectivity index is 2.28. The highest BCUT2D eigenvalue weighted by Crippen LogP contribution is 2.19. The molecule has 0 atom stereocenters. The van der Waals surface area contributed by atoms with E-state index in [-0.39, 0.29) is 6.42 Å². The number of hydrogen-bond acceptors (Lipinski definition) is 2. The van der Waals surface area contributed by atoms with Gasteiger partial charge in [-0.15, -0.1) is 0 Å². The van der Waals surface area contributed by atoms with E-state index >= 15 is 0 Å². The molecule has 0 amide bonds. The van der Waals surface area contributed by atoms with Crippen LogP contribution in [0.25, 0.3) is 0 Å². The molecule has 0 unspecified atom stereocenters. The standard InChI is InChI=1S/C11H11BrF3NO/c12-8-3-1-4-9(7-8)16-6-2-5-10(17)11(13,14)15/h1,3-4,7,16H,2,5-6H2. The summed E-state index contributed by atoms with van der Waals surface area (Å²) in [5, 5.41) is 2.94. The van der Waals surface area contributed by atoms with Gasteiger partial charge < -0.3 is 5.32 Å². The lowest BCUT2D eigenvalue weighted by molar-refractivity contribution is -0.171. The van der Waals surface area contributed by atoms with Crippen LogP contribution in [-0.2, 0) is 4.79 Å². The molecule has 6 heteroatoms. The first-order chi connectivity index (χ1) is 7.89. The number of carbonyl (C=O) groups excluding carboxylic acids is 1. The largest absolute Gasteiger partial charge is 0.449 e. The lowest BCUT2D eigenvalue weighted by Gasteiger charge is -2.07. The zero-order valence-corrected chi connectivity index (χ0v) is 10.4. The maximum absolute atomic E-state index is 11.9. The number of hydrogen-bond donors (Lipinski definition) is 1. The summed E-state index contributed by atoms with van der Waals surface area (Å²) < 4.78 is 36.5. The van der Waals surface area contributed by atoms with Gasteiger partial charge >= 0.3 is 6.18 Å². The average Bonchev–Trinajstić information content (AvgIpc) is 2.23. The van der Waals surface area contributed by atoms with E-state index in [1.54, 1.807) is 6.07 Å². The molecule has 1 aromatic carbocycles. The fourth-order valence-corrected chi connectivity index (χ4v) is 1.62. The Labute approximate surface area is 105 Å². The number of carbonyl (C=O) groups is 1. The second kappa shape index (κ2) is 6.05. The van der Waals surface area contributed by atoms with Crippen molar-refractivity contribution in [2.75, 3.05) is 11.9 Å². The van der Waals surface area contributed by atoms with Gasteiger partial charge in [0.2, 0.25) is 5.78 Å². The van der Waals surface area contributed by atoms with Crippen LogP contribution in [0.5, 0.6) is 0 Å².